The van der Waals surface area contributed by atoms with Gasteiger partial charge in [0.15, 0.2) is 0 Å². The van der Waals surface area contributed by atoms with E-state index in [9.17, 15) is 0 Å². The van der Waals surface area contributed by atoms with E-state index in [1.54, 1.807) is 0 Å². The van der Waals surface area contributed by atoms with Crippen LogP contribution in [0.5, 0.6) is 0 Å². The minimum absolute atomic E-state index is 0.654. The fourth-order valence-corrected chi connectivity index (χ4v) is 1.71. The Morgan fingerprint density at radius 1 is 0.846 bits per heavy atom. The predicted octanol–water partition coefficient (Wildman–Crippen LogP) is 3.49. The first-order valence-corrected chi connectivity index (χ1v) is 6.13. The zero-order valence-electron chi connectivity index (χ0n) is 8.91. The third-order valence-electron chi connectivity index (χ3n) is 1.33. The third kappa shape index (κ3) is 8.63. The van der Waals surface area contributed by atoms with Gasteiger partial charge in [0.05, 0.1) is 19.8 Å². The third-order valence-corrected chi connectivity index (χ3v) is 2.59. The van der Waals surface area contributed by atoms with Gasteiger partial charge in [0.2, 0.25) is 0 Å². The van der Waals surface area contributed by atoms with Crippen LogP contribution in [0.2, 0.25) is 0 Å². The lowest BCUT2D eigenvalue weighted by atomic mass is 10.4. The molecule has 0 heterocycles. The summed E-state index contributed by atoms with van der Waals surface area (Å²) in [5.41, 5.74) is 0. The molecule has 3 nitrogen and oxygen atoms in total. The maximum atomic E-state index is 5.45. The summed E-state index contributed by atoms with van der Waals surface area (Å²) < 4.78 is 16.2. The molecule has 0 aromatic carbocycles. The van der Waals surface area contributed by atoms with Gasteiger partial charge >= 0.3 is 8.60 Å². The highest BCUT2D eigenvalue weighted by atomic mass is 31.2. The molecule has 0 bridgehead atoms. The topological polar surface area (TPSA) is 27.7 Å². The maximum absolute atomic E-state index is 5.45. The van der Waals surface area contributed by atoms with Crippen LogP contribution in [0.25, 0.3) is 0 Å². The number of unbranched alkanes of at least 4 members (excludes halogenated alkanes) is 1. The first-order chi connectivity index (χ1) is 6.35. The van der Waals surface area contributed by atoms with E-state index in [1.165, 1.54) is 0 Å². The van der Waals surface area contributed by atoms with E-state index in [4.69, 9.17) is 13.6 Å². The minimum Gasteiger partial charge on any atom is -0.313 e. The molecular weight excluding hydrogens is 187 g/mol. The Bertz CT molecular complexity index is 101. The highest BCUT2D eigenvalue weighted by Crippen LogP contribution is 2.39. The van der Waals surface area contributed by atoms with Crippen molar-refractivity contribution in [1.82, 2.24) is 0 Å². The molecule has 0 aliphatic rings. The van der Waals surface area contributed by atoms with Gasteiger partial charge in [0.1, 0.15) is 0 Å². The van der Waals surface area contributed by atoms with Gasteiger partial charge in [-0.2, -0.15) is 0 Å². The molecule has 1 atom stereocenters. The van der Waals surface area contributed by atoms with Crippen LogP contribution in [0.1, 0.15) is 40.0 Å². The summed E-state index contributed by atoms with van der Waals surface area (Å²) in [5.74, 6) is 0. The second-order valence-corrected chi connectivity index (χ2v) is 3.88. The summed E-state index contributed by atoms with van der Waals surface area (Å²) in [6.07, 6.45) is 3.22. The smallest absolute Gasteiger partial charge is 0.313 e. The van der Waals surface area contributed by atoms with Crippen molar-refractivity contribution >= 4 is 8.60 Å². The quantitative estimate of drug-likeness (QED) is 0.428. The molecule has 0 aromatic rings. The average molecular weight is 208 g/mol. The van der Waals surface area contributed by atoms with Gasteiger partial charge in [-0.15, -0.1) is 0 Å². The fourth-order valence-electron chi connectivity index (χ4n) is 0.666. The summed E-state index contributed by atoms with van der Waals surface area (Å²) in [4.78, 5) is 0. The van der Waals surface area contributed by atoms with Crippen molar-refractivity contribution in [3.05, 3.63) is 0 Å². The summed E-state index contributed by atoms with van der Waals surface area (Å²) in [6.45, 7) is 8.28. The largest absolute Gasteiger partial charge is 0.332 e. The van der Waals surface area contributed by atoms with Crippen molar-refractivity contribution in [3.63, 3.8) is 0 Å². The SMILES string of the molecule is CCCCOP(OCC)OCCC. The Morgan fingerprint density at radius 3 is 2.08 bits per heavy atom. The molecule has 4 heteroatoms. The van der Waals surface area contributed by atoms with Crippen LogP contribution in [-0.4, -0.2) is 19.8 Å². The molecule has 0 spiro atoms. The molecule has 1 unspecified atom stereocenters. The lowest BCUT2D eigenvalue weighted by Gasteiger charge is -2.14. The standard InChI is InChI=1S/C9H21O3P/c1-4-7-9-12-13(10-6-3)11-8-5-2/h4-9H2,1-3H3. The molecule has 0 amide bonds. The number of hydrogen-bond acceptors (Lipinski definition) is 3. The normalized spacial score (nSPS) is 13.2. The van der Waals surface area contributed by atoms with Crippen molar-refractivity contribution in [2.45, 2.75) is 40.0 Å². The molecule has 80 valence electrons. The Morgan fingerprint density at radius 2 is 1.54 bits per heavy atom. The van der Waals surface area contributed by atoms with E-state index in [0.717, 1.165) is 32.5 Å². The van der Waals surface area contributed by atoms with Crippen LogP contribution in [0.15, 0.2) is 0 Å². The van der Waals surface area contributed by atoms with Gasteiger partial charge in [-0.1, -0.05) is 20.3 Å². The maximum Gasteiger partial charge on any atom is 0.332 e. The van der Waals surface area contributed by atoms with Crippen LogP contribution >= 0.6 is 8.60 Å². The zero-order valence-corrected chi connectivity index (χ0v) is 9.81. The molecule has 0 saturated carbocycles. The van der Waals surface area contributed by atoms with Gasteiger partial charge < -0.3 is 13.6 Å². The van der Waals surface area contributed by atoms with Crippen LogP contribution in [0.3, 0.4) is 0 Å². The first-order valence-electron chi connectivity index (χ1n) is 5.04. The van der Waals surface area contributed by atoms with Gasteiger partial charge in [-0.25, -0.2) is 0 Å². The molecule has 0 aromatic heterocycles. The Kier molecular flexibility index (Phi) is 10.6. The van der Waals surface area contributed by atoms with Crippen LogP contribution in [0, 0.1) is 0 Å². The molecule has 0 aliphatic heterocycles. The van der Waals surface area contributed by atoms with Crippen LogP contribution in [-0.2, 0) is 13.6 Å². The van der Waals surface area contributed by atoms with Crippen LogP contribution in [0.4, 0.5) is 0 Å². The van der Waals surface area contributed by atoms with Crippen molar-refractivity contribution in [1.29, 1.82) is 0 Å². The fraction of sp³-hybridized carbons (Fsp3) is 1.00. The van der Waals surface area contributed by atoms with Crippen molar-refractivity contribution < 1.29 is 13.6 Å². The molecule has 0 aliphatic carbocycles. The molecule has 0 fully saturated rings. The average Bonchev–Trinajstić information content (AvgIpc) is 2.14. The monoisotopic (exact) mass is 208 g/mol. The van der Waals surface area contributed by atoms with Gasteiger partial charge in [-0.3, -0.25) is 0 Å². The highest BCUT2D eigenvalue weighted by Gasteiger charge is 2.09. The van der Waals surface area contributed by atoms with Crippen molar-refractivity contribution in [3.8, 4) is 0 Å². The molecule has 0 N–H and O–H groups in total. The summed E-state index contributed by atoms with van der Waals surface area (Å²) >= 11 is 0. The van der Waals surface area contributed by atoms with Crippen molar-refractivity contribution in [2.75, 3.05) is 19.8 Å². The number of hydrogen-bond donors (Lipinski definition) is 0. The van der Waals surface area contributed by atoms with Gasteiger partial charge in [-0.05, 0) is 19.8 Å². The Hall–Kier alpha value is 0.310. The van der Waals surface area contributed by atoms with Crippen LogP contribution < -0.4 is 0 Å². The Balaban J connectivity index is 3.41. The van der Waals surface area contributed by atoms with E-state index in [-0.39, 0.29) is 0 Å². The van der Waals surface area contributed by atoms with E-state index >= 15 is 0 Å². The first kappa shape index (κ1) is 13.3. The van der Waals surface area contributed by atoms with E-state index in [2.05, 4.69) is 13.8 Å². The summed E-state index contributed by atoms with van der Waals surface area (Å²) in [7, 11) is -1.08. The molecular formula is C9H21O3P. The second-order valence-electron chi connectivity index (χ2n) is 2.66. The number of rotatable bonds is 9. The molecule has 0 saturated heterocycles. The molecule has 0 rings (SSSR count). The summed E-state index contributed by atoms with van der Waals surface area (Å²) in [5, 5.41) is 0. The van der Waals surface area contributed by atoms with Gasteiger partial charge in [0, 0.05) is 0 Å². The van der Waals surface area contributed by atoms with Crippen molar-refractivity contribution in [2.24, 2.45) is 0 Å². The highest BCUT2D eigenvalue weighted by molar-refractivity contribution is 7.41. The Labute approximate surface area is 82.8 Å². The minimum atomic E-state index is -1.08. The molecule has 0 radical (unpaired) electrons. The lowest BCUT2D eigenvalue weighted by molar-refractivity contribution is 0.163. The van der Waals surface area contributed by atoms with Gasteiger partial charge in [0.25, 0.3) is 0 Å². The lowest BCUT2D eigenvalue weighted by Crippen LogP contribution is -1.97. The zero-order chi connectivity index (χ0) is 9.94. The van der Waals surface area contributed by atoms with E-state index in [1.807, 2.05) is 6.92 Å². The summed E-state index contributed by atoms with van der Waals surface area (Å²) in [6, 6.07) is 0. The second kappa shape index (κ2) is 10.4. The van der Waals surface area contributed by atoms with E-state index < -0.39 is 8.60 Å². The van der Waals surface area contributed by atoms with E-state index in [0.29, 0.717) is 6.61 Å². The molecule has 13 heavy (non-hydrogen) atoms. The predicted molar refractivity (Wildman–Crippen MR) is 55.6 cm³/mol.